The minimum absolute atomic E-state index is 0.208. The van der Waals surface area contributed by atoms with Gasteiger partial charge in [-0.2, -0.15) is 14.9 Å². The van der Waals surface area contributed by atoms with E-state index in [1.165, 1.54) is 19.0 Å². The lowest BCUT2D eigenvalue weighted by Gasteiger charge is -2.08. The molecule has 9 nitrogen and oxygen atoms in total. The molecule has 0 bridgehead atoms. The predicted octanol–water partition coefficient (Wildman–Crippen LogP) is 2.42. The summed E-state index contributed by atoms with van der Waals surface area (Å²) in [6.45, 7) is 2.12. The number of benzene rings is 1. The van der Waals surface area contributed by atoms with Gasteiger partial charge in [-0.05, 0) is 36.2 Å². The Kier molecular flexibility index (Phi) is 5.20. The van der Waals surface area contributed by atoms with Gasteiger partial charge >= 0.3 is 6.09 Å². The average Bonchev–Trinajstić information content (AvgIpc) is 3.16. The predicted molar refractivity (Wildman–Crippen MR) is 97.3 cm³/mol. The van der Waals surface area contributed by atoms with Crippen molar-refractivity contribution in [1.29, 1.82) is 0 Å². The lowest BCUT2D eigenvalue weighted by Crippen LogP contribution is -2.20. The standard InChI is InChI=1S/C18H19N5O4/c1-11-4-5-13(8-12(11)9-19-18(24)25)23-20-10-15(22-23)14-6-7-16(26-2)21-17(14)27-3/h4-8,10,19H,9H2,1-3H3,(H,24,25). The molecule has 140 valence electrons. The van der Waals surface area contributed by atoms with Crippen molar-refractivity contribution in [2.24, 2.45) is 0 Å². The van der Waals surface area contributed by atoms with Gasteiger partial charge in [0.15, 0.2) is 0 Å². The van der Waals surface area contributed by atoms with E-state index in [4.69, 9.17) is 14.6 Å². The molecule has 0 saturated heterocycles. The number of carboxylic acid groups (broad SMARTS) is 1. The Labute approximate surface area is 155 Å². The van der Waals surface area contributed by atoms with E-state index >= 15 is 0 Å². The number of pyridine rings is 1. The van der Waals surface area contributed by atoms with Crippen LogP contribution in [0, 0.1) is 6.92 Å². The number of nitrogens with one attached hydrogen (secondary N) is 1. The summed E-state index contributed by atoms with van der Waals surface area (Å²) in [6, 6.07) is 9.13. The second-order valence-electron chi connectivity index (χ2n) is 5.70. The van der Waals surface area contributed by atoms with Crippen LogP contribution in [0.4, 0.5) is 4.79 Å². The summed E-state index contributed by atoms with van der Waals surface area (Å²) in [4.78, 5) is 16.5. The van der Waals surface area contributed by atoms with Crippen LogP contribution in [0.1, 0.15) is 11.1 Å². The molecule has 0 saturated carbocycles. The van der Waals surface area contributed by atoms with Gasteiger partial charge in [0.1, 0.15) is 5.69 Å². The van der Waals surface area contributed by atoms with Gasteiger partial charge in [0.25, 0.3) is 0 Å². The molecule has 0 fully saturated rings. The Bertz CT molecular complexity index is 970. The summed E-state index contributed by atoms with van der Waals surface area (Å²) in [5, 5.41) is 20.0. The van der Waals surface area contributed by atoms with Gasteiger partial charge in [0.05, 0.1) is 31.7 Å². The number of rotatable bonds is 6. The molecule has 0 unspecified atom stereocenters. The summed E-state index contributed by atoms with van der Waals surface area (Å²) >= 11 is 0. The molecule has 0 atom stereocenters. The maximum absolute atomic E-state index is 10.7. The lowest BCUT2D eigenvalue weighted by atomic mass is 10.1. The first-order valence-electron chi connectivity index (χ1n) is 8.10. The maximum Gasteiger partial charge on any atom is 0.404 e. The third-order valence-electron chi connectivity index (χ3n) is 4.00. The molecule has 1 aromatic carbocycles. The molecule has 3 rings (SSSR count). The van der Waals surface area contributed by atoms with Crippen molar-refractivity contribution in [1.82, 2.24) is 25.3 Å². The van der Waals surface area contributed by atoms with Crippen LogP contribution in [0.3, 0.4) is 0 Å². The number of methoxy groups -OCH3 is 2. The zero-order valence-corrected chi connectivity index (χ0v) is 15.1. The maximum atomic E-state index is 10.7. The van der Waals surface area contributed by atoms with Crippen LogP contribution in [-0.2, 0) is 6.54 Å². The van der Waals surface area contributed by atoms with E-state index in [0.717, 1.165) is 16.8 Å². The van der Waals surface area contributed by atoms with Crippen LogP contribution in [0.25, 0.3) is 16.9 Å². The van der Waals surface area contributed by atoms with Crippen LogP contribution in [0.15, 0.2) is 36.5 Å². The molecule has 2 heterocycles. The fourth-order valence-electron chi connectivity index (χ4n) is 2.54. The molecule has 1 amide bonds. The molecule has 2 aromatic heterocycles. The van der Waals surface area contributed by atoms with Crippen molar-refractivity contribution in [2.45, 2.75) is 13.5 Å². The fourth-order valence-corrected chi connectivity index (χ4v) is 2.54. The first kappa shape index (κ1) is 18.2. The highest BCUT2D eigenvalue weighted by atomic mass is 16.5. The minimum atomic E-state index is -1.07. The highest BCUT2D eigenvalue weighted by molar-refractivity contribution is 5.65. The SMILES string of the molecule is COc1ccc(-c2cnn(-c3ccc(C)c(CNC(=O)O)c3)n2)c(OC)n1. The molecule has 0 spiro atoms. The number of hydrogen-bond donors (Lipinski definition) is 2. The zero-order valence-electron chi connectivity index (χ0n) is 15.1. The van der Waals surface area contributed by atoms with Crippen molar-refractivity contribution >= 4 is 6.09 Å². The first-order chi connectivity index (χ1) is 13.0. The van der Waals surface area contributed by atoms with E-state index in [1.807, 2.05) is 25.1 Å². The molecule has 0 aliphatic rings. The van der Waals surface area contributed by atoms with Gasteiger partial charge in [-0.3, -0.25) is 0 Å². The van der Waals surface area contributed by atoms with Crippen LogP contribution < -0.4 is 14.8 Å². The highest BCUT2D eigenvalue weighted by Gasteiger charge is 2.14. The number of carbonyl (C=O) groups is 1. The second kappa shape index (κ2) is 7.73. The molecule has 3 aromatic rings. The Morgan fingerprint density at radius 1 is 1.22 bits per heavy atom. The topological polar surface area (TPSA) is 111 Å². The van der Waals surface area contributed by atoms with E-state index in [2.05, 4.69) is 20.5 Å². The summed E-state index contributed by atoms with van der Waals surface area (Å²) in [5.74, 6) is 0.828. The van der Waals surface area contributed by atoms with E-state index in [9.17, 15) is 4.79 Å². The monoisotopic (exact) mass is 369 g/mol. The van der Waals surface area contributed by atoms with Gasteiger partial charge in [0, 0.05) is 12.6 Å². The number of aryl methyl sites for hydroxylation is 1. The Morgan fingerprint density at radius 3 is 2.74 bits per heavy atom. The number of aromatic nitrogens is 4. The molecule has 0 aliphatic heterocycles. The molecular weight excluding hydrogens is 350 g/mol. The average molecular weight is 369 g/mol. The molecule has 27 heavy (non-hydrogen) atoms. The number of amides is 1. The van der Waals surface area contributed by atoms with Crippen molar-refractivity contribution < 1.29 is 19.4 Å². The molecule has 9 heteroatoms. The largest absolute Gasteiger partial charge is 0.481 e. The third-order valence-corrected chi connectivity index (χ3v) is 4.00. The van der Waals surface area contributed by atoms with E-state index in [1.54, 1.807) is 18.3 Å². The smallest absolute Gasteiger partial charge is 0.404 e. The Morgan fingerprint density at radius 2 is 2.04 bits per heavy atom. The number of hydrogen-bond acceptors (Lipinski definition) is 6. The van der Waals surface area contributed by atoms with Gasteiger partial charge < -0.3 is 19.9 Å². The van der Waals surface area contributed by atoms with Crippen molar-refractivity contribution in [3.63, 3.8) is 0 Å². The molecule has 0 aliphatic carbocycles. The summed E-state index contributed by atoms with van der Waals surface area (Å²) in [6.07, 6.45) is 0.541. The molecular formula is C18H19N5O4. The van der Waals surface area contributed by atoms with Gasteiger partial charge in [-0.25, -0.2) is 4.79 Å². The fraction of sp³-hybridized carbons (Fsp3) is 0.222. The van der Waals surface area contributed by atoms with Gasteiger partial charge in [-0.15, -0.1) is 5.10 Å². The van der Waals surface area contributed by atoms with Gasteiger partial charge in [0.2, 0.25) is 11.8 Å². The van der Waals surface area contributed by atoms with Crippen molar-refractivity contribution in [3.05, 3.63) is 47.7 Å². The van der Waals surface area contributed by atoms with Crippen LogP contribution in [0.5, 0.6) is 11.8 Å². The van der Waals surface area contributed by atoms with Crippen molar-refractivity contribution in [2.75, 3.05) is 14.2 Å². The second-order valence-corrected chi connectivity index (χ2v) is 5.70. The van der Waals surface area contributed by atoms with E-state index < -0.39 is 6.09 Å². The highest BCUT2D eigenvalue weighted by Crippen LogP contribution is 2.28. The lowest BCUT2D eigenvalue weighted by molar-refractivity contribution is 0.194. The summed E-state index contributed by atoms with van der Waals surface area (Å²) in [7, 11) is 3.06. The van der Waals surface area contributed by atoms with Gasteiger partial charge in [-0.1, -0.05) is 6.07 Å². The van der Waals surface area contributed by atoms with Crippen molar-refractivity contribution in [3.8, 4) is 28.7 Å². The Hall–Kier alpha value is -3.62. The molecule has 0 radical (unpaired) electrons. The molecule has 2 N–H and O–H groups in total. The van der Waals surface area contributed by atoms with E-state index in [0.29, 0.717) is 23.0 Å². The minimum Gasteiger partial charge on any atom is -0.481 e. The summed E-state index contributed by atoms with van der Waals surface area (Å²) < 4.78 is 10.4. The number of nitrogens with zero attached hydrogens (tertiary/aromatic N) is 4. The zero-order chi connectivity index (χ0) is 19.4. The summed E-state index contributed by atoms with van der Waals surface area (Å²) in [5.41, 5.74) is 3.81. The Balaban J connectivity index is 1.92. The first-order valence-corrected chi connectivity index (χ1v) is 8.10. The van der Waals surface area contributed by atoms with Crippen LogP contribution >= 0.6 is 0 Å². The normalized spacial score (nSPS) is 10.5. The third kappa shape index (κ3) is 3.97. The van der Waals surface area contributed by atoms with E-state index in [-0.39, 0.29) is 6.54 Å². The quantitative estimate of drug-likeness (QED) is 0.686. The van der Waals surface area contributed by atoms with Crippen LogP contribution in [0.2, 0.25) is 0 Å². The van der Waals surface area contributed by atoms with Crippen LogP contribution in [-0.4, -0.2) is 45.4 Å². The number of ether oxygens (including phenoxy) is 2.